The summed E-state index contributed by atoms with van der Waals surface area (Å²) in [4.78, 5) is 2.58. The van der Waals surface area contributed by atoms with Gasteiger partial charge in [0.05, 0.1) is 0 Å². The molecule has 2 heteroatoms. The van der Waals surface area contributed by atoms with Crippen molar-refractivity contribution < 1.29 is 32.7 Å². The van der Waals surface area contributed by atoms with Gasteiger partial charge in [-0.05, 0) is 32.5 Å². The van der Waals surface area contributed by atoms with Crippen molar-refractivity contribution in [1.82, 2.24) is 4.90 Å². The van der Waals surface area contributed by atoms with E-state index in [9.17, 15) is 0 Å². The Morgan fingerprint density at radius 3 is 2.46 bits per heavy atom. The molecule has 13 heavy (non-hydrogen) atoms. The van der Waals surface area contributed by atoms with Crippen LogP contribution in [0, 0.1) is 24.7 Å². The predicted molar refractivity (Wildman–Crippen MR) is 51.5 cm³/mol. The van der Waals surface area contributed by atoms with Crippen molar-refractivity contribution in [2.24, 2.45) is 11.3 Å². The van der Waals surface area contributed by atoms with Gasteiger partial charge in [0.25, 0.3) is 0 Å². The van der Waals surface area contributed by atoms with E-state index in [-0.39, 0.29) is 32.7 Å². The first-order valence-corrected chi connectivity index (χ1v) is 5.10. The molecule has 1 atom stereocenters. The van der Waals surface area contributed by atoms with Crippen molar-refractivity contribution in [2.45, 2.75) is 26.2 Å². The van der Waals surface area contributed by atoms with Crippen LogP contribution >= 0.6 is 0 Å². The van der Waals surface area contributed by atoms with Crippen molar-refractivity contribution in [3.63, 3.8) is 0 Å². The van der Waals surface area contributed by atoms with Gasteiger partial charge in [0, 0.05) is 32.7 Å². The first kappa shape index (κ1) is 12.1. The zero-order valence-corrected chi connectivity index (χ0v) is 11.5. The van der Waals surface area contributed by atoms with E-state index in [1.54, 1.807) is 0 Å². The van der Waals surface area contributed by atoms with Gasteiger partial charge in [-0.25, -0.2) is 6.42 Å². The minimum atomic E-state index is 0. The van der Waals surface area contributed by atoms with E-state index in [1.165, 1.54) is 38.9 Å². The molecule has 0 aromatic heterocycles. The molecular weight excluding hydrogens is 235 g/mol. The third kappa shape index (κ3) is 2.35. The molecule has 0 spiro atoms. The van der Waals surface area contributed by atoms with Crippen molar-refractivity contribution in [3.8, 4) is 0 Å². The van der Waals surface area contributed by atoms with Crippen LogP contribution in [0.2, 0.25) is 0 Å². The van der Waals surface area contributed by atoms with E-state index < -0.39 is 0 Å². The van der Waals surface area contributed by atoms with Gasteiger partial charge >= 0.3 is 0 Å². The van der Waals surface area contributed by atoms with Crippen molar-refractivity contribution >= 4 is 0 Å². The maximum Gasteiger partial charge on any atom is 0 e. The molecule has 3 fully saturated rings. The second kappa shape index (κ2) is 4.72. The molecule has 0 amide bonds. The van der Waals surface area contributed by atoms with E-state index in [2.05, 4.69) is 25.2 Å². The number of nitrogens with zero attached hydrogens (tertiary/aromatic N) is 1. The molecule has 1 unspecified atom stereocenters. The van der Waals surface area contributed by atoms with Gasteiger partial charge in [0.2, 0.25) is 0 Å². The fourth-order valence-corrected chi connectivity index (χ4v) is 2.92. The fraction of sp³-hybridized carbons (Fsp3) is 0.818. The van der Waals surface area contributed by atoms with Crippen LogP contribution in [0.3, 0.4) is 0 Å². The van der Waals surface area contributed by atoms with Crippen molar-refractivity contribution in [2.75, 3.05) is 19.6 Å². The topological polar surface area (TPSA) is 3.24 Å². The van der Waals surface area contributed by atoms with Gasteiger partial charge in [-0.2, -0.15) is 12.3 Å². The summed E-state index contributed by atoms with van der Waals surface area (Å²) in [6, 6.07) is 0. The monoisotopic (exact) mass is 254 g/mol. The first-order valence-electron chi connectivity index (χ1n) is 5.10. The maximum absolute atomic E-state index is 4.43. The normalized spacial score (nSPS) is 42.9. The summed E-state index contributed by atoms with van der Waals surface area (Å²) in [5.41, 5.74) is 0.366. The zero-order valence-electron chi connectivity index (χ0n) is 8.63. The summed E-state index contributed by atoms with van der Waals surface area (Å²) in [6.45, 7) is 10.5. The van der Waals surface area contributed by atoms with E-state index in [4.69, 9.17) is 0 Å². The van der Waals surface area contributed by atoms with Crippen LogP contribution in [0.15, 0.2) is 0 Å². The summed E-state index contributed by atoms with van der Waals surface area (Å²) in [7, 11) is 0. The quantitative estimate of drug-likeness (QED) is 0.682. The van der Waals surface area contributed by atoms with Crippen LogP contribution in [-0.4, -0.2) is 24.5 Å². The Kier molecular flexibility index (Phi) is 4.41. The van der Waals surface area contributed by atoms with Crippen LogP contribution in [-0.2, 0) is 32.7 Å². The second-order valence-corrected chi connectivity index (χ2v) is 4.53. The van der Waals surface area contributed by atoms with Gasteiger partial charge < -0.3 is 18.2 Å². The molecule has 0 aromatic rings. The average molecular weight is 254 g/mol. The van der Waals surface area contributed by atoms with E-state index in [1.807, 2.05) is 0 Å². The zero-order chi connectivity index (χ0) is 8.60. The minimum Gasteiger partial charge on any atom is -0.338 e. The van der Waals surface area contributed by atoms with E-state index >= 15 is 0 Å². The molecule has 1 nitrogen and oxygen atoms in total. The Morgan fingerprint density at radius 1 is 1.46 bits per heavy atom. The van der Waals surface area contributed by atoms with Crippen LogP contribution in [0.25, 0.3) is 0 Å². The smallest absolute Gasteiger partial charge is 0 e. The standard InChI is InChI=1S/C11H19N.Y/c1-3-6-11(2)9-12-7-4-10(11)5-8-12;/h3,10H,2,4-9H2,1H3;/q-2;. The number of fused-ring (bicyclic) bond motifs is 3. The molecule has 0 aromatic carbocycles. The SMILES string of the molecule is [CH2-]C1(C[CH-]C)CN2CCC1CC2.[Y]. The Bertz CT molecular complexity index is 163. The summed E-state index contributed by atoms with van der Waals surface area (Å²) in [5, 5.41) is 0. The Hall–Kier alpha value is 1.06. The van der Waals surface area contributed by atoms with Gasteiger partial charge in [-0.1, -0.05) is 5.92 Å². The van der Waals surface area contributed by atoms with Crippen LogP contribution in [0.1, 0.15) is 26.2 Å². The third-order valence-electron chi connectivity index (χ3n) is 3.60. The summed E-state index contributed by atoms with van der Waals surface area (Å²) in [6.07, 6.45) is 6.26. The summed E-state index contributed by atoms with van der Waals surface area (Å²) < 4.78 is 0. The third-order valence-corrected chi connectivity index (χ3v) is 3.60. The second-order valence-electron chi connectivity index (χ2n) is 4.53. The number of hydrogen-bond donors (Lipinski definition) is 0. The van der Waals surface area contributed by atoms with E-state index in [0.29, 0.717) is 5.41 Å². The molecule has 3 aliphatic heterocycles. The van der Waals surface area contributed by atoms with Crippen LogP contribution in [0.5, 0.6) is 0 Å². The summed E-state index contributed by atoms with van der Waals surface area (Å²) >= 11 is 0. The minimum absolute atomic E-state index is 0. The molecular formula is C11H19NY-2. The van der Waals surface area contributed by atoms with Crippen molar-refractivity contribution in [1.29, 1.82) is 0 Å². The first-order chi connectivity index (χ1) is 5.74. The number of rotatable bonds is 2. The molecule has 73 valence electrons. The Labute approximate surface area is 108 Å². The van der Waals surface area contributed by atoms with Crippen molar-refractivity contribution in [3.05, 3.63) is 13.3 Å². The molecule has 0 aliphatic carbocycles. The molecule has 3 aliphatic rings. The summed E-state index contributed by atoms with van der Waals surface area (Å²) in [5.74, 6) is 0.902. The van der Waals surface area contributed by atoms with E-state index in [0.717, 1.165) is 5.92 Å². The molecule has 1 radical (unpaired) electrons. The van der Waals surface area contributed by atoms with Gasteiger partial charge in [0.1, 0.15) is 0 Å². The van der Waals surface area contributed by atoms with Crippen LogP contribution in [0.4, 0.5) is 0 Å². The maximum atomic E-state index is 4.43. The number of piperidine rings is 3. The molecule has 3 rings (SSSR count). The fourth-order valence-electron chi connectivity index (χ4n) is 2.92. The van der Waals surface area contributed by atoms with Gasteiger partial charge in [0.15, 0.2) is 0 Å². The van der Waals surface area contributed by atoms with Gasteiger partial charge in [-0.3, -0.25) is 0 Å². The Balaban J connectivity index is 0.000000845. The molecule has 2 bridgehead atoms. The number of hydrogen-bond acceptors (Lipinski definition) is 1. The van der Waals surface area contributed by atoms with Crippen LogP contribution < -0.4 is 0 Å². The molecule has 0 saturated carbocycles. The average Bonchev–Trinajstić information content (AvgIpc) is 2.05. The largest absolute Gasteiger partial charge is 0.338 e. The molecule has 0 N–H and O–H groups in total. The Morgan fingerprint density at radius 2 is 2.08 bits per heavy atom. The molecule has 3 heterocycles. The molecule has 3 saturated heterocycles. The van der Waals surface area contributed by atoms with Gasteiger partial charge in [-0.15, -0.1) is 0 Å². The predicted octanol–water partition coefficient (Wildman–Crippen LogP) is 2.14.